The van der Waals surface area contributed by atoms with Gasteiger partial charge in [0.2, 0.25) is 0 Å². The Labute approximate surface area is 96.6 Å². The van der Waals surface area contributed by atoms with Gasteiger partial charge in [-0.1, -0.05) is 30.7 Å². The molecule has 0 aliphatic heterocycles. The Morgan fingerprint density at radius 3 is 2.87 bits per heavy atom. The van der Waals surface area contributed by atoms with Crippen molar-refractivity contribution in [3.05, 3.63) is 34.9 Å². The van der Waals surface area contributed by atoms with Gasteiger partial charge in [0.05, 0.1) is 0 Å². The predicted octanol–water partition coefficient (Wildman–Crippen LogP) is 3.57. The van der Waals surface area contributed by atoms with Crippen LogP contribution < -0.4 is 5.73 Å². The number of hydrogen-bond donors (Lipinski definition) is 1. The van der Waals surface area contributed by atoms with Crippen LogP contribution in [0.3, 0.4) is 0 Å². The van der Waals surface area contributed by atoms with E-state index in [9.17, 15) is 0 Å². The highest BCUT2D eigenvalue weighted by Crippen LogP contribution is 2.37. The van der Waals surface area contributed by atoms with Crippen molar-refractivity contribution in [2.45, 2.75) is 38.1 Å². The molecule has 1 aliphatic rings. The van der Waals surface area contributed by atoms with Crippen LogP contribution in [0.5, 0.6) is 0 Å². The highest BCUT2D eigenvalue weighted by Gasteiger charge is 2.26. The third-order valence-electron chi connectivity index (χ3n) is 3.51. The molecule has 0 spiro atoms. The molecule has 82 valence electrons. The molecule has 0 aromatic heterocycles. The van der Waals surface area contributed by atoms with E-state index >= 15 is 0 Å². The average molecular weight is 224 g/mol. The number of benzene rings is 1. The summed E-state index contributed by atoms with van der Waals surface area (Å²) >= 11 is 6.02. The van der Waals surface area contributed by atoms with E-state index in [2.05, 4.69) is 19.1 Å². The highest BCUT2D eigenvalue weighted by atomic mass is 35.5. The molecule has 0 saturated heterocycles. The fraction of sp³-hybridized carbons (Fsp3) is 0.538. The van der Waals surface area contributed by atoms with Gasteiger partial charge in [0.15, 0.2) is 0 Å². The van der Waals surface area contributed by atoms with Crippen molar-refractivity contribution < 1.29 is 0 Å². The minimum absolute atomic E-state index is 0.366. The summed E-state index contributed by atoms with van der Waals surface area (Å²) in [6.45, 7) is 2.32. The lowest BCUT2D eigenvalue weighted by atomic mass is 9.75. The maximum atomic E-state index is 6.03. The predicted molar refractivity (Wildman–Crippen MR) is 65.2 cm³/mol. The topological polar surface area (TPSA) is 26.0 Å². The summed E-state index contributed by atoms with van der Waals surface area (Å²) in [6, 6.07) is 8.58. The second-order valence-electron chi connectivity index (χ2n) is 4.71. The highest BCUT2D eigenvalue weighted by molar-refractivity contribution is 6.30. The van der Waals surface area contributed by atoms with Gasteiger partial charge in [0.25, 0.3) is 0 Å². The average Bonchev–Trinajstić information content (AvgIpc) is 2.22. The van der Waals surface area contributed by atoms with Gasteiger partial charge in [0, 0.05) is 11.1 Å². The number of rotatable bonds is 1. The molecule has 2 heteroatoms. The molecule has 0 radical (unpaired) electrons. The Bertz CT molecular complexity index is 337. The van der Waals surface area contributed by atoms with Crippen molar-refractivity contribution >= 4 is 11.6 Å². The van der Waals surface area contributed by atoms with Gasteiger partial charge >= 0.3 is 0 Å². The standard InChI is InChI=1S/C13H18ClN/c1-9-5-6-12(15)8-13(9)10-3-2-4-11(14)7-10/h2-4,7,9,12-13H,5-6,8,15H2,1H3. The molecule has 1 aromatic rings. The van der Waals surface area contributed by atoms with E-state index in [0.717, 1.165) is 23.8 Å². The maximum absolute atomic E-state index is 6.03. The maximum Gasteiger partial charge on any atom is 0.0408 e. The van der Waals surface area contributed by atoms with E-state index in [1.165, 1.54) is 12.0 Å². The summed E-state index contributed by atoms with van der Waals surface area (Å²) in [5.41, 5.74) is 7.38. The lowest BCUT2D eigenvalue weighted by Crippen LogP contribution is -2.31. The summed E-state index contributed by atoms with van der Waals surface area (Å²) in [5, 5.41) is 0.832. The zero-order valence-corrected chi connectivity index (χ0v) is 9.87. The quantitative estimate of drug-likeness (QED) is 0.774. The SMILES string of the molecule is CC1CCC(N)CC1c1cccc(Cl)c1. The van der Waals surface area contributed by atoms with Gasteiger partial charge in [-0.2, -0.15) is 0 Å². The first kappa shape index (κ1) is 11.0. The Hall–Kier alpha value is -0.530. The molecule has 1 aromatic carbocycles. The summed E-state index contributed by atoms with van der Waals surface area (Å²) < 4.78 is 0. The molecular weight excluding hydrogens is 206 g/mol. The molecule has 0 bridgehead atoms. The van der Waals surface area contributed by atoms with Gasteiger partial charge in [-0.3, -0.25) is 0 Å². The third kappa shape index (κ3) is 2.53. The lowest BCUT2D eigenvalue weighted by Gasteiger charge is -2.33. The smallest absolute Gasteiger partial charge is 0.0408 e. The molecule has 0 heterocycles. The molecule has 1 aliphatic carbocycles. The summed E-state index contributed by atoms with van der Waals surface area (Å²) in [6.07, 6.45) is 3.50. The minimum Gasteiger partial charge on any atom is -0.328 e. The first-order valence-corrected chi connectivity index (χ1v) is 6.05. The Morgan fingerprint density at radius 1 is 1.33 bits per heavy atom. The van der Waals surface area contributed by atoms with E-state index in [1.807, 2.05) is 12.1 Å². The van der Waals surface area contributed by atoms with Crippen molar-refractivity contribution in [2.24, 2.45) is 11.7 Å². The molecule has 0 amide bonds. The van der Waals surface area contributed by atoms with Crippen molar-refractivity contribution in [3.63, 3.8) is 0 Å². The normalized spacial score (nSPS) is 31.5. The Balaban J connectivity index is 2.21. The molecule has 3 unspecified atom stereocenters. The van der Waals surface area contributed by atoms with Crippen LogP contribution in [0.25, 0.3) is 0 Å². The van der Waals surface area contributed by atoms with Crippen molar-refractivity contribution in [2.75, 3.05) is 0 Å². The van der Waals surface area contributed by atoms with Gasteiger partial charge in [-0.05, 0) is 48.8 Å². The molecule has 3 atom stereocenters. The third-order valence-corrected chi connectivity index (χ3v) is 3.75. The van der Waals surface area contributed by atoms with Crippen molar-refractivity contribution in [3.8, 4) is 0 Å². The van der Waals surface area contributed by atoms with E-state index in [0.29, 0.717) is 12.0 Å². The van der Waals surface area contributed by atoms with Crippen LogP contribution in [0.2, 0.25) is 5.02 Å². The first-order valence-electron chi connectivity index (χ1n) is 5.68. The second-order valence-corrected chi connectivity index (χ2v) is 5.15. The Kier molecular flexibility index (Phi) is 3.32. The van der Waals surface area contributed by atoms with Crippen LogP contribution in [-0.4, -0.2) is 6.04 Å². The van der Waals surface area contributed by atoms with Crippen LogP contribution in [0.1, 0.15) is 37.7 Å². The summed E-state index contributed by atoms with van der Waals surface area (Å²) in [5.74, 6) is 1.32. The zero-order valence-electron chi connectivity index (χ0n) is 9.12. The van der Waals surface area contributed by atoms with Gasteiger partial charge in [-0.15, -0.1) is 0 Å². The fourth-order valence-corrected chi connectivity index (χ4v) is 2.76. The minimum atomic E-state index is 0.366. The van der Waals surface area contributed by atoms with Crippen LogP contribution >= 0.6 is 11.6 Å². The molecular formula is C13H18ClN. The molecule has 15 heavy (non-hydrogen) atoms. The van der Waals surface area contributed by atoms with Crippen molar-refractivity contribution in [1.82, 2.24) is 0 Å². The number of hydrogen-bond acceptors (Lipinski definition) is 1. The first-order chi connectivity index (χ1) is 7.16. The van der Waals surface area contributed by atoms with E-state index < -0.39 is 0 Å². The van der Waals surface area contributed by atoms with E-state index in [-0.39, 0.29) is 0 Å². The largest absolute Gasteiger partial charge is 0.328 e. The second kappa shape index (κ2) is 4.54. The van der Waals surface area contributed by atoms with Crippen LogP contribution in [0.4, 0.5) is 0 Å². The van der Waals surface area contributed by atoms with Crippen LogP contribution in [0, 0.1) is 5.92 Å². The zero-order chi connectivity index (χ0) is 10.8. The molecule has 1 nitrogen and oxygen atoms in total. The number of nitrogens with two attached hydrogens (primary N) is 1. The molecule has 2 N–H and O–H groups in total. The summed E-state index contributed by atoms with van der Waals surface area (Å²) in [4.78, 5) is 0. The molecule has 2 rings (SSSR count). The van der Waals surface area contributed by atoms with E-state index in [4.69, 9.17) is 17.3 Å². The molecule has 1 fully saturated rings. The van der Waals surface area contributed by atoms with Gasteiger partial charge in [0.1, 0.15) is 0 Å². The number of halogens is 1. The van der Waals surface area contributed by atoms with Gasteiger partial charge in [-0.25, -0.2) is 0 Å². The van der Waals surface area contributed by atoms with E-state index in [1.54, 1.807) is 0 Å². The van der Waals surface area contributed by atoms with Crippen molar-refractivity contribution in [1.29, 1.82) is 0 Å². The lowest BCUT2D eigenvalue weighted by molar-refractivity contribution is 0.300. The van der Waals surface area contributed by atoms with Crippen LogP contribution in [0.15, 0.2) is 24.3 Å². The monoisotopic (exact) mass is 223 g/mol. The summed E-state index contributed by atoms with van der Waals surface area (Å²) in [7, 11) is 0. The fourth-order valence-electron chi connectivity index (χ4n) is 2.56. The molecule has 1 saturated carbocycles. The Morgan fingerprint density at radius 2 is 2.13 bits per heavy atom. The van der Waals surface area contributed by atoms with Crippen LogP contribution in [-0.2, 0) is 0 Å². The van der Waals surface area contributed by atoms with Gasteiger partial charge < -0.3 is 5.73 Å².